The first-order chi connectivity index (χ1) is 38.9. The van der Waals surface area contributed by atoms with Gasteiger partial charge in [0.2, 0.25) is 41.4 Å². The first kappa shape index (κ1) is 66.1. The molecule has 2 aromatic rings. The molecule has 1 aromatic heterocycles. The summed E-state index contributed by atoms with van der Waals surface area (Å²) in [6.07, 6.45) is 2.76. The summed E-state index contributed by atoms with van der Waals surface area (Å²) in [6.45, 7) is 13.3. The maximum Gasteiger partial charge on any atom is 0.327 e. The lowest BCUT2D eigenvalue weighted by Crippen LogP contribution is -2.56. The lowest BCUT2D eigenvalue weighted by atomic mass is 9.89. The average Bonchev–Trinajstić information content (AvgIpc) is 4.26. The molecule has 3 aliphatic rings. The number of hydrogen-bond donors (Lipinski definition) is 4. The predicted molar refractivity (Wildman–Crippen MR) is 305 cm³/mol. The highest BCUT2D eigenvalue weighted by Gasteiger charge is 2.44. The lowest BCUT2D eigenvalue weighted by Gasteiger charge is -2.41. The molecule has 25 nitrogen and oxygen atoms in total. The summed E-state index contributed by atoms with van der Waals surface area (Å²) in [4.78, 5) is 133. The molecule has 3 saturated heterocycles. The van der Waals surface area contributed by atoms with E-state index in [1.165, 1.54) is 21.1 Å². The van der Waals surface area contributed by atoms with E-state index < -0.39 is 89.2 Å². The van der Waals surface area contributed by atoms with Crippen LogP contribution in [0.3, 0.4) is 0 Å². The van der Waals surface area contributed by atoms with Gasteiger partial charge >= 0.3 is 11.9 Å². The van der Waals surface area contributed by atoms with Crippen molar-refractivity contribution < 1.29 is 62.8 Å². The quantitative estimate of drug-likeness (QED) is 0.0513. The van der Waals surface area contributed by atoms with Crippen molar-refractivity contribution in [3.63, 3.8) is 0 Å². The number of aliphatic carboxylic acids is 2. The molecule has 10 atom stereocenters. The van der Waals surface area contributed by atoms with Crippen LogP contribution in [0.1, 0.15) is 97.7 Å². The highest BCUT2D eigenvalue weighted by atomic mass is 32.2. The van der Waals surface area contributed by atoms with Crippen LogP contribution in [0.4, 0.5) is 0 Å². The third-order valence-electron chi connectivity index (χ3n) is 15.6. The molecular weight excluding hydrogens is 1080 g/mol. The number of guanidine groups is 1. The molecule has 0 aliphatic carbocycles. The summed E-state index contributed by atoms with van der Waals surface area (Å²) in [5.41, 5.74) is 1.14. The molecule has 0 spiro atoms. The highest BCUT2D eigenvalue weighted by Crippen LogP contribution is 2.31. The number of thioether (sulfide) groups is 1. The van der Waals surface area contributed by atoms with Crippen LogP contribution in [0.2, 0.25) is 0 Å². The van der Waals surface area contributed by atoms with Crippen molar-refractivity contribution in [1.82, 2.24) is 55.0 Å². The molecule has 454 valence electrons. The van der Waals surface area contributed by atoms with Crippen LogP contribution in [-0.2, 0) is 72.1 Å². The van der Waals surface area contributed by atoms with E-state index in [-0.39, 0.29) is 67.5 Å². The molecule has 4 N–H and O–H groups in total. The van der Waals surface area contributed by atoms with E-state index in [0.29, 0.717) is 76.6 Å². The number of benzene rings is 1. The van der Waals surface area contributed by atoms with Gasteiger partial charge in [0.05, 0.1) is 54.6 Å². The Labute approximate surface area is 485 Å². The number of carboxylic acid groups (broad SMARTS) is 2. The van der Waals surface area contributed by atoms with Crippen molar-refractivity contribution in [3.05, 3.63) is 47.8 Å². The third kappa shape index (κ3) is 17.7. The average molecular weight is 1170 g/mol. The first-order valence-corrected chi connectivity index (χ1v) is 29.3. The number of carboxylic acids is 2. The fourth-order valence-corrected chi connectivity index (χ4v) is 12.1. The maximum atomic E-state index is 14.9. The summed E-state index contributed by atoms with van der Waals surface area (Å²) < 4.78 is 13.6. The van der Waals surface area contributed by atoms with Gasteiger partial charge in [0, 0.05) is 107 Å². The molecule has 3 aliphatic heterocycles. The summed E-state index contributed by atoms with van der Waals surface area (Å²) in [5, 5.41) is 31.9. The topological polar surface area (TPSA) is 299 Å². The molecule has 4 heterocycles. The predicted octanol–water partition coefficient (Wildman–Crippen LogP) is 1.83. The standard InChI is InChI=1S/C56H86N12O13S/c1-12-35(4)49(43(80-10)29-46(71)67-23-16-20-42(67)50(81-11)36(5)51(73)58-40(54(76)77)28-38-18-14-13-15-19-38)63(9)53(75)48(34(2)3)59-56(62(7)8)65-26-24-64(25-27-65)45(70)21-17-22-66-31-39(60-61-66)32-68-47(72)30-44(52(68)74)82-33-41(55(78)79)57-37(6)69/h13-15,18-19,31,34-36,40-44,48-50H,12,16-17,20-30,32-33H2,1-11H3,(H,57,69)(H,58,73)(H,76,77)(H,78,79)/b59-56-/t35-,36+,40-,41-,42?,43+,44?,48-,49-,50+/m0/s1. The monoisotopic (exact) mass is 1170 g/mol. The number of carbonyl (C=O) groups excluding carboxylic acids is 7. The summed E-state index contributed by atoms with van der Waals surface area (Å²) in [6, 6.07) is 4.90. The summed E-state index contributed by atoms with van der Waals surface area (Å²) in [7, 11) is 8.49. The van der Waals surface area contributed by atoms with E-state index in [0.717, 1.165) is 22.2 Å². The van der Waals surface area contributed by atoms with Gasteiger partial charge in [-0.2, -0.15) is 0 Å². The number of amides is 7. The highest BCUT2D eigenvalue weighted by molar-refractivity contribution is 8.00. The number of aryl methyl sites for hydroxylation is 1. The van der Waals surface area contributed by atoms with Crippen LogP contribution >= 0.6 is 11.8 Å². The lowest BCUT2D eigenvalue weighted by molar-refractivity contribution is -0.147. The number of carbonyl (C=O) groups is 9. The van der Waals surface area contributed by atoms with Crippen molar-refractivity contribution in [3.8, 4) is 0 Å². The SMILES string of the molecule is CC[C@H](C)[C@@H]([C@@H](CC(=O)N1CCCC1[C@H](OC)[C@@H](C)C(=O)N[C@@H](Cc1ccccc1)C(=O)O)OC)N(C)C(=O)[C@@H](/N=C(/N(C)C)N1CCN(C(=O)CCCn2cc(CN3C(=O)CC(SC[C@H](NC(C)=O)C(=O)O)C3=O)nn2)CC1)C(C)C. The van der Waals surface area contributed by atoms with Crippen molar-refractivity contribution in [2.75, 3.05) is 73.8 Å². The number of piperazine rings is 1. The maximum absolute atomic E-state index is 14.9. The third-order valence-corrected chi connectivity index (χ3v) is 16.9. The van der Waals surface area contributed by atoms with E-state index in [1.807, 2.05) is 64.9 Å². The minimum Gasteiger partial charge on any atom is -0.480 e. The van der Waals surface area contributed by atoms with Crippen LogP contribution in [-0.4, -0.2) is 235 Å². The molecule has 0 saturated carbocycles. The van der Waals surface area contributed by atoms with Gasteiger partial charge in [-0.3, -0.25) is 43.1 Å². The zero-order chi connectivity index (χ0) is 60.5. The minimum atomic E-state index is -1.24. The van der Waals surface area contributed by atoms with Gasteiger partial charge in [0.25, 0.3) is 0 Å². The molecule has 5 rings (SSSR count). The Morgan fingerprint density at radius 2 is 1.54 bits per heavy atom. The number of hydrogen-bond acceptors (Lipinski definition) is 15. The minimum absolute atomic E-state index is 0.0375. The Hall–Kier alpha value is -6.67. The number of methoxy groups -OCH3 is 2. The van der Waals surface area contributed by atoms with E-state index >= 15 is 0 Å². The molecule has 1 aromatic carbocycles. The van der Waals surface area contributed by atoms with Crippen molar-refractivity contribution >= 4 is 71.0 Å². The van der Waals surface area contributed by atoms with Crippen LogP contribution in [0, 0.1) is 17.8 Å². The number of nitrogens with zero attached hydrogens (tertiary/aromatic N) is 10. The summed E-state index contributed by atoms with van der Waals surface area (Å²) in [5.74, 6) is -5.39. The molecule has 2 unspecified atom stereocenters. The van der Waals surface area contributed by atoms with Crippen molar-refractivity contribution in [1.29, 1.82) is 0 Å². The van der Waals surface area contributed by atoms with Gasteiger partial charge in [0.1, 0.15) is 23.8 Å². The molecule has 26 heteroatoms. The zero-order valence-corrected chi connectivity index (χ0v) is 50.2. The molecular formula is C56H86N12O13S. The fourth-order valence-electron chi connectivity index (χ4n) is 10.9. The van der Waals surface area contributed by atoms with E-state index in [1.54, 1.807) is 51.7 Å². The Morgan fingerprint density at radius 1 is 0.878 bits per heavy atom. The second-order valence-electron chi connectivity index (χ2n) is 22.1. The van der Waals surface area contributed by atoms with Gasteiger partial charge in [-0.05, 0) is 36.7 Å². The van der Waals surface area contributed by atoms with Gasteiger partial charge in [-0.1, -0.05) is 76.6 Å². The number of imide groups is 1. The Kier molecular flexibility index (Phi) is 25.1. The Balaban J connectivity index is 1.16. The number of rotatable bonds is 29. The number of aliphatic imine (C=N–C) groups is 1. The first-order valence-electron chi connectivity index (χ1n) is 28.2. The molecule has 82 heavy (non-hydrogen) atoms. The summed E-state index contributed by atoms with van der Waals surface area (Å²) >= 11 is 0.998. The zero-order valence-electron chi connectivity index (χ0n) is 49.4. The van der Waals surface area contributed by atoms with Crippen LogP contribution in [0.5, 0.6) is 0 Å². The van der Waals surface area contributed by atoms with Crippen molar-refractivity contribution in [2.45, 2.75) is 154 Å². The number of ether oxygens (including phenoxy) is 2. The molecule has 0 bridgehead atoms. The number of likely N-dealkylation sites (tertiary alicyclic amines) is 2. The smallest absolute Gasteiger partial charge is 0.327 e. The molecule has 3 fully saturated rings. The van der Waals surface area contributed by atoms with Gasteiger partial charge in [-0.25, -0.2) is 14.6 Å². The number of nitrogens with one attached hydrogen (secondary N) is 2. The van der Waals surface area contributed by atoms with Crippen LogP contribution in [0.25, 0.3) is 0 Å². The van der Waals surface area contributed by atoms with E-state index in [2.05, 4.69) is 25.8 Å². The normalized spacial score (nSPS) is 19.7. The Bertz CT molecular complexity index is 2560. The molecule has 7 amide bonds. The van der Waals surface area contributed by atoms with Gasteiger partial charge in [0.15, 0.2) is 5.96 Å². The number of likely N-dealkylation sites (N-methyl/N-ethyl adjacent to an activating group) is 1. The number of aromatic nitrogens is 3. The van der Waals surface area contributed by atoms with Crippen LogP contribution in [0.15, 0.2) is 41.5 Å². The van der Waals surface area contributed by atoms with Crippen LogP contribution < -0.4 is 10.6 Å². The molecule has 0 radical (unpaired) electrons. The van der Waals surface area contributed by atoms with Crippen molar-refractivity contribution in [2.24, 2.45) is 22.7 Å². The largest absolute Gasteiger partial charge is 0.480 e. The second kappa shape index (κ2) is 31.1. The second-order valence-corrected chi connectivity index (χ2v) is 23.3. The Morgan fingerprint density at radius 3 is 2.12 bits per heavy atom. The fraction of sp³-hybridized carbons (Fsp3) is 0.679. The van der Waals surface area contributed by atoms with E-state index in [9.17, 15) is 53.4 Å². The van der Waals surface area contributed by atoms with Gasteiger partial charge in [-0.15, -0.1) is 16.9 Å². The van der Waals surface area contributed by atoms with Gasteiger partial charge < -0.3 is 54.8 Å². The van der Waals surface area contributed by atoms with E-state index in [4.69, 9.17) is 14.5 Å².